The van der Waals surface area contributed by atoms with Crippen LogP contribution in [0.25, 0.3) is 0 Å². The summed E-state index contributed by atoms with van der Waals surface area (Å²) >= 11 is 0. The molecule has 2 saturated heterocycles. The molecular formula is C16H25N3. The van der Waals surface area contributed by atoms with Gasteiger partial charge < -0.3 is 9.80 Å². The van der Waals surface area contributed by atoms with E-state index in [1.165, 1.54) is 57.8 Å². The summed E-state index contributed by atoms with van der Waals surface area (Å²) in [6.45, 7) is 7.31. The normalized spacial score (nSPS) is 26.6. The van der Waals surface area contributed by atoms with Crippen LogP contribution in [0, 0.1) is 0 Å². The molecule has 3 nitrogen and oxygen atoms in total. The molecule has 0 amide bonds. The Hall–Kier alpha value is -1.06. The summed E-state index contributed by atoms with van der Waals surface area (Å²) in [6.07, 6.45) is 2.75. The highest BCUT2D eigenvalue weighted by atomic mass is 15.3. The van der Waals surface area contributed by atoms with Gasteiger partial charge in [-0.05, 0) is 38.6 Å². The first-order valence-corrected chi connectivity index (χ1v) is 7.55. The Morgan fingerprint density at radius 3 is 2.37 bits per heavy atom. The lowest BCUT2D eigenvalue weighted by Crippen LogP contribution is -2.54. The second-order valence-electron chi connectivity index (χ2n) is 5.92. The zero-order chi connectivity index (χ0) is 13.1. The Bertz CT molecular complexity index is 384. The number of rotatable bonds is 2. The number of likely N-dealkylation sites (tertiary alicyclic amines) is 1. The molecule has 0 saturated carbocycles. The lowest BCUT2D eigenvalue weighted by molar-refractivity contribution is 0.106. The number of hydrogen-bond donors (Lipinski definition) is 0. The summed E-state index contributed by atoms with van der Waals surface area (Å²) in [6, 6.07) is 11.6. The van der Waals surface area contributed by atoms with Gasteiger partial charge in [-0.2, -0.15) is 0 Å². The van der Waals surface area contributed by atoms with Crippen LogP contribution in [0.4, 0.5) is 5.69 Å². The minimum atomic E-state index is 0.789. The predicted octanol–water partition coefficient (Wildman–Crippen LogP) is 1.90. The molecule has 1 atom stereocenters. The van der Waals surface area contributed by atoms with Crippen LogP contribution in [0.15, 0.2) is 30.3 Å². The second-order valence-corrected chi connectivity index (χ2v) is 5.92. The highest BCUT2D eigenvalue weighted by molar-refractivity contribution is 5.46. The highest BCUT2D eigenvalue weighted by Gasteiger charge is 2.26. The molecule has 0 aliphatic carbocycles. The number of nitrogens with zero attached hydrogens (tertiary/aromatic N) is 3. The molecule has 0 bridgehead atoms. The van der Waals surface area contributed by atoms with E-state index in [1.807, 2.05) is 0 Å². The van der Waals surface area contributed by atoms with Crippen molar-refractivity contribution in [2.45, 2.75) is 18.9 Å². The Balaban J connectivity index is 1.54. The minimum Gasteiger partial charge on any atom is -0.369 e. The molecule has 1 aromatic rings. The molecule has 3 heteroatoms. The third kappa shape index (κ3) is 3.10. The quantitative estimate of drug-likeness (QED) is 0.803. The first kappa shape index (κ1) is 12.9. The number of likely N-dealkylation sites (N-methyl/N-ethyl adjacent to an activating group) is 1. The van der Waals surface area contributed by atoms with Crippen LogP contribution < -0.4 is 4.90 Å². The molecule has 0 spiro atoms. The van der Waals surface area contributed by atoms with Crippen LogP contribution in [0.1, 0.15) is 12.8 Å². The third-order valence-corrected chi connectivity index (χ3v) is 4.55. The van der Waals surface area contributed by atoms with Gasteiger partial charge >= 0.3 is 0 Å². The lowest BCUT2D eigenvalue weighted by atomic mass is 10.0. The van der Waals surface area contributed by atoms with Crippen molar-refractivity contribution in [3.05, 3.63) is 30.3 Å². The van der Waals surface area contributed by atoms with Crippen molar-refractivity contribution in [1.82, 2.24) is 9.80 Å². The Kier molecular flexibility index (Phi) is 4.04. The summed E-state index contributed by atoms with van der Waals surface area (Å²) in [4.78, 5) is 7.70. The number of piperazine rings is 1. The maximum atomic E-state index is 2.70. The molecule has 3 rings (SSSR count). The number of anilines is 1. The van der Waals surface area contributed by atoms with E-state index in [-0.39, 0.29) is 0 Å². The molecule has 0 unspecified atom stereocenters. The van der Waals surface area contributed by atoms with Gasteiger partial charge in [-0.1, -0.05) is 18.2 Å². The zero-order valence-corrected chi connectivity index (χ0v) is 12.0. The second kappa shape index (κ2) is 5.93. The fourth-order valence-electron chi connectivity index (χ4n) is 3.42. The monoisotopic (exact) mass is 259 g/mol. The minimum absolute atomic E-state index is 0.789. The third-order valence-electron chi connectivity index (χ3n) is 4.55. The van der Waals surface area contributed by atoms with Crippen molar-refractivity contribution in [3.8, 4) is 0 Å². The van der Waals surface area contributed by atoms with E-state index in [9.17, 15) is 0 Å². The summed E-state index contributed by atoms with van der Waals surface area (Å²) in [7, 11) is 2.26. The molecule has 0 aromatic heterocycles. The summed E-state index contributed by atoms with van der Waals surface area (Å²) in [5.74, 6) is 0. The standard InChI is InChI=1S/C16H25N3/c1-17-9-5-8-16(14-17)19-12-10-18(11-13-19)15-6-3-2-4-7-15/h2-4,6-7,16H,5,8-14H2,1H3/t16-/m0/s1. The van der Waals surface area contributed by atoms with E-state index in [4.69, 9.17) is 0 Å². The number of benzene rings is 1. The van der Waals surface area contributed by atoms with Crippen molar-refractivity contribution in [3.63, 3.8) is 0 Å². The van der Waals surface area contributed by atoms with Crippen molar-refractivity contribution in [1.29, 1.82) is 0 Å². The molecule has 2 aliphatic heterocycles. The van der Waals surface area contributed by atoms with E-state index in [0.717, 1.165) is 6.04 Å². The fraction of sp³-hybridized carbons (Fsp3) is 0.625. The van der Waals surface area contributed by atoms with E-state index in [2.05, 4.69) is 52.1 Å². The van der Waals surface area contributed by atoms with Gasteiger partial charge in [0.2, 0.25) is 0 Å². The zero-order valence-electron chi connectivity index (χ0n) is 12.0. The van der Waals surface area contributed by atoms with Gasteiger partial charge in [0.25, 0.3) is 0 Å². The van der Waals surface area contributed by atoms with Crippen LogP contribution in [-0.4, -0.2) is 62.2 Å². The molecular weight excluding hydrogens is 234 g/mol. The Labute approximate surface area is 116 Å². The van der Waals surface area contributed by atoms with Crippen molar-refractivity contribution < 1.29 is 0 Å². The van der Waals surface area contributed by atoms with E-state index >= 15 is 0 Å². The van der Waals surface area contributed by atoms with E-state index in [1.54, 1.807) is 0 Å². The molecule has 0 radical (unpaired) electrons. The van der Waals surface area contributed by atoms with Gasteiger partial charge in [0.05, 0.1) is 0 Å². The lowest BCUT2D eigenvalue weighted by Gasteiger charge is -2.43. The predicted molar refractivity (Wildman–Crippen MR) is 80.7 cm³/mol. The van der Waals surface area contributed by atoms with Crippen LogP contribution >= 0.6 is 0 Å². The molecule has 19 heavy (non-hydrogen) atoms. The Morgan fingerprint density at radius 1 is 0.947 bits per heavy atom. The van der Waals surface area contributed by atoms with Crippen LogP contribution in [-0.2, 0) is 0 Å². The van der Waals surface area contributed by atoms with Gasteiger partial charge in [-0.25, -0.2) is 0 Å². The first-order valence-electron chi connectivity index (χ1n) is 7.55. The van der Waals surface area contributed by atoms with Gasteiger partial charge in [0, 0.05) is 44.5 Å². The molecule has 2 heterocycles. The molecule has 0 N–H and O–H groups in total. The van der Waals surface area contributed by atoms with Gasteiger partial charge in [-0.3, -0.25) is 4.90 Å². The smallest absolute Gasteiger partial charge is 0.0367 e. The van der Waals surface area contributed by atoms with Gasteiger partial charge in [0.15, 0.2) is 0 Å². The largest absolute Gasteiger partial charge is 0.369 e. The molecule has 1 aromatic carbocycles. The molecule has 2 fully saturated rings. The van der Waals surface area contributed by atoms with E-state index in [0.29, 0.717) is 0 Å². The number of para-hydroxylation sites is 1. The highest BCUT2D eigenvalue weighted by Crippen LogP contribution is 2.20. The van der Waals surface area contributed by atoms with Crippen molar-refractivity contribution in [2.24, 2.45) is 0 Å². The van der Waals surface area contributed by atoms with Crippen LogP contribution in [0.3, 0.4) is 0 Å². The maximum absolute atomic E-state index is 2.70. The van der Waals surface area contributed by atoms with Gasteiger partial charge in [-0.15, -0.1) is 0 Å². The first-order chi connectivity index (χ1) is 9.33. The average Bonchev–Trinajstić information content (AvgIpc) is 2.48. The SMILES string of the molecule is CN1CCC[C@H](N2CCN(c3ccccc3)CC2)C1. The van der Waals surface area contributed by atoms with Crippen LogP contribution in [0.5, 0.6) is 0 Å². The maximum Gasteiger partial charge on any atom is 0.0367 e. The number of hydrogen-bond acceptors (Lipinski definition) is 3. The van der Waals surface area contributed by atoms with Crippen LogP contribution in [0.2, 0.25) is 0 Å². The van der Waals surface area contributed by atoms with E-state index < -0.39 is 0 Å². The van der Waals surface area contributed by atoms with Crippen molar-refractivity contribution >= 4 is 5.69 Å². The topological polar surface area (TPSA) is 9.72 Å². The summed E-state index contributed by atoms with van der Waals surface area (Å²) in [5, 5.41) is 0. The molecule has 104 valence electrons. The summed E-state index contributed by atoms with van der Waals surface area (Å²) in [5.41, 5.74) is 1.38. The fourth-order valence-corrected chi connectivity index (χ4v) is 3.42. The summed E-state index contributed by atoms with van der Waals surface area (Å²) < 4.78 is 0. The number of piperidine rings is 1. The Morgan fingerprint density at radius 2 is 1.68 bits per heavy atom. The average molecular weight is 259 g/mol. The molecule has 2 aliphatic rings. The van der Waals surface area contributed by atoms with Crippen molar-refractivity contribution in [2.75, 3.05) is 51.2 Å². The van der Waals surface area contributed by atoms with Gasteiger partial charge in [0.1, 0.15) is 0 Å².